The molecule has 0 amide bonds. The van der Waals surface area contributed by atoms with E-state index in [1.807, 2.05) is 0 Å². The first-order valence-corrected chi connectivity index (χ1v) is 20.1. The van der Waals surface area contributed by atoms with E-state index in [4.69, 9.17) is 0 Å². The Morgan fingerprint density at radius 1 is 0.250 bits per heavy atom. The van der Waals surface area contributed by atoms with Gasteiger partial charge in [0, 0.05) is 34.1 Å². The molecule has 278 valence electrons. The highest BCUT2D eigenvalue weighted by atomic mass is 15.1. The van der Waals surface area contributed by atoms with Crippen LogP contribution in [0.4, 0.5) is 34.1 Å². The van der Waals surface area contributed by atoms with Crippen LogP contribution in [0.1, 0.15) is 77.6 Å². The molecule has 0 N–H and O–H groups in total. The van der Waals surface area contributed by atoms with Crippen LogP contribution in [0, 0.1) is 0 Å². The summed E-state index contributed by atoms with van der Waals surface area (Å²) in [5.41, 5.74) is 17.4. The second-order valence-electron chi connectivity index (χ2n) is 17.9. The van der Waals surface area contributed by atoms with Crippen molar-refractivity contribution in [3.05, 3.63) is 192 Å². The lowest BCUT2D eigenvalue weighted by molar-refractivity contribution is 0.293. The average Bonchev–Trinajstić information content (AvgIpc) is 3.21. The summed E-state index contributed by atoms with van der Waals surface area (Å²) in [5, 5.41) is 0. The van der Waals surface area contributed by atoms with Crippen molar-refractivity contribution in [3.63, 3.8) is 0 Å². The van der Waals surface area contributed by atoms with Crippen molar-refractivity contribution in [2.75, 3.05) is 9.80 Å². The van der Waals surface area contributed by atoms with Crippen LogP contribution >= 0.6 is 0 Å². The summed E-state index contributed by atoms with van der Waals surface area (Å²) in [5.74, 6) is 0. The van der Waals surface area contributed by atoms with E-state index in [1.165, 1.54) is 55.9 Å². The number of para-hydroxylation sites is 4. The molecule has 2 heteroatoms. The molecule has 0 bridgehead atoms. The summed E-state index contributed by atoms with van der Waals surface area (Å²) in [6, 6.07) is 62.5. The molecule has 0 spiro atoms. The van der Waals surface area contributed by atoms with Crippen LogP contribution < -0.4 is 9.80 Å². The Hall–Kier alpha value is -5.86. The van der Waals surface area contributed by atoms with E-state index in [2.05, 4.69) is 235 Å². The molecule has 7 aromatic carbocycles. The Labute approximate surface area is 334 Å². The van der Waals surface area contributed by atoms with Gasteiger partial charge in [-0.15, -0.1) is 0 Å². The van der Waals surface area contributed by atoms with Crippen LogP contribution in [0.15, 0.2) is 170 Å². The second-order valence-corrected chi connectivity index (χ2v) is 17.9. The zero-order chi connectivity index (χ0) is 39.0. The van der Waals surface area contributed by atoms with Gasteiger partial charge in [-0.1, -0.05) is 140 Å². The molecule has 0 fully saturated rings. The topological polar surface area (TPSA) is 6.48 Å². The Balaban J connectivity index is 1.23. The van der Waals surface area contributed by atoms with Crippen molar-refractivity contribution in [3.8, 4) is 22.3 Å². The van der Waals surface area contributed by atoms with E-state index in [0.29, 0.717) is 0 Å². The molecular formula is C54H52N2. The van der Waals surface area contributed by atoms with Crippen LogP contribution in [0.25, 0.3) is 22.3 Å². The first kappa shape index (κ1) is 35.8. The molecule has 0 radical (unpaired) electrons. The van der Waals surface area contributed by atoms with Crippen molar-refractivity contribution in [2.24, 2.45) is 0 Å². The van der Waals surface area contributed by atoms with Gasteiger partial charge >= 0.3 is 0 Å². The van der Waals surface area contributed by atoms with Gasteiger partial charge in [0.1, 0.15) is 0 Å². The number of fused-ring (bicyclic) bond motifs is 6. The number of hydrogen-bond acceptors (Lipinski definition) is 2. The fourth-order valence-corrected chi connectivity index (χ4v) is 9.48. The molecule has 0 aromatic heterocycles. The average molecular weight is 729 g/mol. The lowest BCUT2D eigenvalue weighted by Gasteiger charge is -2.52. The maximum absolute atomic E-state index is 2.57. The summed E-state index contributed by atoms with van der Waals surface area (Å²) in [6.07, 6.45) is 0. The number of benzene rings is 7. The van der Waals surface area contributed by atoms with E-state index < -0.39 is 0 Å². The standard InChI is InChI=1S/C54H52N2/c1-51(2)47-33-41(55(37-21-13-9-14-22-37)38-23-15-10-16-24-38)29-31-43(47)45-36-50-46(35-49(45)53(51,5)6)44-32-30-42(34-48(44)52(3,4)54(50,7)8)56(39-25-17-11-18-26-39)40-27-19-12-20-28-40/h9-36H,1-8H3. The van der Waals surface area contributed by atoms with Crippen LogP contribution in [-0.4, -0.2) is 0 Å². The fourth-order valence-electron chi connectivity index (χ4n) is 9.48. The summed E-state index contributed by atoms with van der Waals surface area (Å²) >= 11 is 0. The number of hydrogen-bond donors (Lipinski definition) is 0. The van der Waals surface area contributed by atoms with Crippen molar-refractivity contribution >= 4 is 34.1 Å². The van der Waals surface area contributed by atoms with Crippen molar-refractivity contribution in [1.29, 1.82) is 0 Å². The van der Waals surface area contributed by atoms with Gasteiger partial charge < -0.3 is 9.80 Å². The summed E-state index contributed by atoms with van der Waals surface area (Å²) < 4.78 is 0. The van der Waals surface area contributed by atoms with Crippen LogP contribution in [0.3, 0.4) is 0 Å². The molecular weight excluding hydrogens is 677 g/mol. The summed E-state index contributed by atoms with van der Waals surface area (Å²) in [4.78, 5) is 4.78. The highest BCUT2D eigenvalue weighted by molar-refractivity contribution is 5.89. The molecule has 2 aliphatic rings. The normalized spacial score (nSPS) is 16.4. The molecule has 0 heterocycles. The van der Waals surface area contributed by atoms with Gasteiger partial charge in [-0.25, -0.2) is 0 Å². The molecule has 0 saturated carbocycles. The first-order valence-electron chi connectivity index (χ1n) is 20.1. The Kier molecular flexibility index (Phi) is 8.22. The first-order chi connectivity index (χ1) is 26.8. The molecule has 7 aromatic rings. The van der Waals surface area contributed by atoms with Gasteiger partial charge in [0.15, 0.2) is 0 Å². The van der Waals surface area contributed by atoms with Gasteiger partial charge in [0.05, 0.1) is 0 Å². The van der Waals surface area contributed by atoms with Gasteiger partial charge in [0.2, 0.25) is 0 Å². The Morgan fingerprint density at radius 2 is 0.500 bits per heavy atom. The molecule has 0 unspecified atom stereocenters. The third kappa shape index (κ3) is 5.29. The molecule has 0 atom stereocenters. The van der Waals surface area contributed by atoms with E-state index in [0.717, 1.165) is 22.7 Å². The monoisotopic (exact) mass is 728 g/mol. The maximum Gasteiger partial charge on any atom is 0.0464 e. The summed E-state index contributed by atoms with van der Waals surface area (Å²) in [6.45, 7) is 19.6. The third-order valence-electron chi connectivity index (χ3n) is 14.1. The Morgan fingerprint density at radius 3 is 0.768 bits per heavy atom. The largest absolute Gasteiger partial charge is 0.310 e. The third-order valence-corrected chi connectivity index (χ3v) is 14.1. The van der Waals surface area contributed by atoms with Crippen molar-refractivity contribution in [1.82, 2.24) is 0 Å². The lowest BCUT2D eigenvalue weighted by atomic mass is 9.52. The SMILES string of the molecule is CC1(C)c2cc(N(c3ccccc3)c3ccccc3)ccc2-c2cc3c(cc2C1(C)C)-c1ccc(N(c2ccccc2)c2ccccc2)cc1C(C)(C)C3(C)C. The predicted molar refractivity (Wildman–Crippen MR) is 239 cm³/mol. The molecule has 2 aliphatic carbocycles. The van der Waals surface area contributed by atoms with E-state index >= 15 is 0 Å². The minimum absolute atomic E-state index is 0.151. The molecule has 2 nitrogen and oxygen atoms in total. The van der Waals surface area contributed by atoms with E-state index in [1.54, 1.807) is 0 Å². The minimum atomic E-state index is -0.152. The number of rotatable bonds is 6. The number of anilines is 6. The Bertz CT molecular complexity index is 2300. The zero-order valence-corrected chi connectivity index (χ0v) is 34.1. The molecule has 0 saturated heterocycles. The number of nitrogens with zero attached hydrogens (tertiary/aromatic N) is 2. The van der Waals surface area contributed by atoms with Gasteiger partial charge in [-0.2, -0.15) is 0 Å². The lowest BCUT2D eigenvalue weighted by Crippen LogP contribution is -2.46. The smallest absolute Gasteiger partial charge is 0.0464 e. The molecule has 0 aliphatic heterocycles. The van der Waals surface area contributed by atoms with Crippen LogP contribution in [-0.2, 0) is 21.7 Å². The fraction of sp³-hybridized carbons (Fsp3) is 0.222. The quantitative estimate of drug-likeness (QED) is 0.168. The summed E-state index contributed by atoms with van der Waals surface area (Å²) in [7, 11) is 0. The minimum Gasteiger partial charge on any atom is -0.310 e. The van der Waals surface area contributed by atoms with Crippen LogP contribution in [0.2, 0.25) is 0 Å². The zero-order valence-electron chi connectivity index (χ0n) is 34.1. The second kappa shape index (κ2) is 12.8. The highest BCUT2D eigenvalue weighted by Gasteiger charge is 2.50. The van der Waals surface area contributed by atoms with Crippen molar-refractivity contribution < 1.29 is 0 Å². The van der Waals surface area contributed by atoms with E-state index in [-0.39, 0.29) is 21.7 Å². The maximum atomic E-state index is 2.57. The molecule has 9 rings (SSSR count). The highest BCUT2D eigenvalue weighted by Crippen LogP contribution is 2.60. The molecule has 56 heavy (non-hydrogen) atoms. The predicted octanol–water partition coefficient (Wildman–Crippen LogP) is 15.1. The van der Waals surface area contributed by atoms with Gasteiger partial charge in [-0.3, -0.25) is 0 Å². The van der Waals surface area contributed by atoms with Gasteiger partial charge in [-0.05, 0) is 151 Å². The van der Waals surface area contributed by atoms with Crippen molar-refractivity contribution in [2.45, 2.75) is 77.0 Å². The van der Waals surface area contributed by atoms with Crippen LogP contribution in [0.5, 0.6) is 0 Å². The van der Waals surface area contributed by atoms with Gasteiger partial charge in [0.25, 0.3) is 0 Å². The van der Waals surface area contributed by atoms with E-state index in [9.17, 15) is 0 Å².